The molecule has 0 heterocycles. The van der Waals surface area contributed by atoms with Gasteiger partial charge in [0, 0.05) is 12.1 Å². The van der Waals surface area contributed by atoms with Gasteiger partial charge in [-0.25, -0.2) is 8.42 Å². The summed E-state index contributed by atoms with van der Waals surface area (Å²) >= 11 is 3.41. The summed E-state index contributed by atoms with van der Waals surface area (Å²) in [6.07, 6.45) is 5.46. The molecule has 0 aliphatic heterocycles. The van der Waals surface area contributed by atoms with E-state index in [9.17, 15) is 13.2 Å². The number of sulfonamides is 1. The van der Waals surface area contributed by atoms with Gasteiger partial charge in [-0.05, 0) is 103 Å². The molecule has 1 amide bonds. The molecule has 0 saturated heterocycles. The Kier molecular flexibility index (Phi) is 6.81. The van der Waals surface area contributed by atoms with E-state index >= 15 is 0 Å². The van der Waals surface area contributed by atoms with Gasteiger partial charge in [-0.2, -0.15) is 0 Å². The van der Waals surface area contributed by atoms with Crippen LogP contribution in [0.3, 0.4) is 0 Å². The van der Waals surface area contributed by atoms with Gasteiger partial charge in [0.15, 0.2) is 0 Å². The second-order valence-corrected chi connectivity index (χ2v) is 11.4. The zero-order valence-electron chi connectivity index (χ0n) is 18.4. The third kappa shape index (κ3) is 5.12. The fraction of sp³-hybridized carbons (Fsp3) is 0.458. The Morgan fingerprint density at radius 1 is 1.12 bits per heavy atom. The number of carbonyl (C=O) groups excluding carboxylic acids is 1. The summed E-state index contributed by atoms with van der Waals surface area (Å²) in [7, 11) is -3.84. The van der Waals surface area contributed by atoms with Gasteiger partial charge in [-0.1, -0.05) is 12.5 Å². The normalized spacial score (nSPS) is 22.0. The number of rotatable bonds is 8. The minimum absolute atomic E-state index is 0.0434. The van der Waals surface area contributed by atoms with Gasteiger partial charge < -0.3 is 10.1 Å². The summed E-state index contributed by atoms with van der Waals surface area (Å²) in [4.78, 5) is 12.8. The van der Waals surface area contributed by atoms with Crippen molar-refractivity contribution in [2.45, 2.75) is 50.8 Å². The highest BCUT2D eigenvalue weighted by Gasteiger charge is 2.40. The molecule has 0 aromatic heterocycles. The number of carbonyl (C=O) groups is 1. The molecule has 2 aromatic carbocycles. The van der Waals surface area contributed by atoms with E-state index in [-0.39, 0.29) is 10.8 Å². The number of ether oxygens (including phenoxy) is 1. The van der Waals surface area contributed by atoms with Crippen LogP contribution in [0.25, 0.3) is 0 Å². The van der Waals surface area contributed by atoms with Crippen LogP contribution < -0.4 is 14.8 Å². The quantitative estimate of drug-likeness (QED) is 0.465. The average Bonchev–Trinajstić information content (AvgIpc) is 3.34. The number of nitrogens with one attached hydrogen (secondary N) is 2. The van der Waals surface area contributed by atoms with Crippen molar-refractivity contribution in [1.82, 2.24) is 0 Å². The molecule has 2 aliphatic rings. The van der Waals surface area contributed by atoms with Crippen molar-refractivity contribution in [3.8, 4) is 5.75 Å². The topological polar surface area (TPSA) is 84.5 Å². The molecule has 0 radical (unpaired) electrons. The van der Waals surface area contributed by atoms with Crippen molar-refractivity contribution < 1.29 is 17.9 Å². The maximum atomic E-state index is 13.1. The molecule has 172 valence electrons. The zero-order valence-corrected chi connectivity index (χ0v) is 20.8. The second-order valence-electron chi connectivity index (χ2n) is 8.85. The first kappa shape index (κ1) is 23.1. The van der Waals surface area contributed by atoms with Gasteiger partial charge in [0.1, 0.15) is 5.75 Å². The minimum Gasteiger partial charge on any atom is -0.493 e. The summed E-state index contributed by atoms with van der Waals surface area (Å²) in [6, 6.07) is 10.0. The Labute approximate surface area is 198 Å². The molecule has 2 aliphatic carbocycles. The zero-order chi connectivity index (χ0) is 22.9. The van der Waals surface area contributed by atoms with Crippen LogP contribution in [-0.4, -0.2) is 20.9 Å². The van der Waals surface area contributed by atoms with Gasteiger partial charge in [0.25, 0.3) is 10.0 Å². The van der Waals surface area contributed by atoms with Gasteiger partial charge in [-0.3, -0.25) is 9.52 Å². The fourth-order valence-electron chi connectivity index (χ4n) is 5.09. The molecule has 2 fully saturated rings. The Hall–Kier alpha value is -2.06. The van der Waals surface area contributed by atoms with E-state index in [1.54, 1.807) is 37.3 Å². The summed E-state index contributed by atoms with van der Waals surface area (Å²) < 4.78 is 34.9. The van der Waals surface area contributed by atoms with Gasteiger partial charge in [0.05, 0.1) is 21.7 Å². The van der Waals surface area contributed by atoms with E-state index in [0.29, 0.717) is 52.0 Å². The molecule has 2 aromatic rings. The Morgan fingerprint density at radius 2 is 1.91 bits per heavy atom. The average molecular weight is 521 g/mol. The molecule has 2 bridgehead atoms. The van der Waals surface area contributed by atoms with Gasteiger partial charge >= 0.3 is 0 Å². The fourth-order valence-corrected chi connectivity index (χ4v) is 6.91. The standard InChI is InChI=1S/C24H29BrN2O4S/c1-3-31-22-9-8-20(13-21(22)25)27-32(29,30)23-14-19(7-4-15(23)2)26-24(28)12-18-11-16-5-6-17(18)10-16/h4,7-9,13-14,16-18,27H,3,5-6,10-12H2,1-2H3,(H,26,28)/t16-,17-,18-/m1/s1. The van der Waals surface area contributed by atoms with E-state index in [2.05, 4.69) is 26.0 Å². The van der Waals surface area contributed by atoms with Crippen molar-refractivity contribution in [3.05, 3.63) is 46.4 Å². The lowest BCUT2D eigenvalue weighted by molar-refractivity contribution is -0.117. The van der Waals surface area contributed by atoms with Crippen LogP contribution in [0.4, 0.5) is 11.4 Å². The SMILES string of the molecule is CCOc1ccc(NS(=O)(=O)c2cc(NC(=O)C[C@H]3C[C@@H]4CC[C@@H]3C4)ccc2C)cc1Br. The number of benzene rings is 2. The van der Waals surface area contributed by atoms with Crippen molar-refractivity contribution >= 4 is 43.2 Å². The number of aryl methyl sites for hydroxylation is 1. The predicted octanol–water partition coefficient (Wildman–Crippen LogP) is 5.72. The molecule has 4 rings (SSSR count). The van der Waals surface area contributed by atoms with Crippen LogP contribution in [0.5, 0.6) is 5.75 Å². The van der Waals surface area contributed by atoms with Crippen molar-refractivity contribution in [2.24, 2.45) is 17.8 Å². The van der Waals surface area contributed by atoms with E-state index in [4.69, 9.17) is 4.74 Å². The third-order valence-corrected chi connectivity index (χ3v) is 8.72. The minimum atomic E-state index is -3.84. The molecule has 3 atom stereocenters. The van der Waals surface area contributed by atoms with Crippen LogP contribution in [-0.2, 0) is 14.8 Å². The number of hydrogen-bond acceptors (Lipinski definition) is 4. The third-order valence-electron chi connectivity index (χ3n) is 6.58. The summed E-state index contributed by atoms with van der Waals surface area (Å²) in [5.74, 6) is 2.53. The van der Waals surface area contributed by atoms with E-state index in [0.717, 1.165) is 12.3 Å². The molecular weight excluding hydrogens is 492 g/mol. The number of fused-ring (bicyclic) bond motifs is 2. The lowest BCUT2D eigenvalue weighted by atomic mass is 9.86. The Morgan fingerprint density at radius 3 is 2.56 bits per heavy atom. The van der Waals surface area contributed by atoms with Crippen LogP contribution >= 0.6 is 15.9 Å². The Balaban J connectivity index is 1.46. The molecular formula is C24H29BrN2O4S. The molecule has 2 saturated carbocycles. The lowest BCUT2D eigenvalue weighted by Crippen LogP contribution is -2.21. The van der Waals surface area contributed by atoms with Crippen molar-refractivity contribution in [3.63, 3.8) is 0 Å². The number of hydrogen-bond donors (Lipinski definition) is 2. The largest absolute Gasteiger partial charge is 0.493 e. The number of amides is 1. The lowest BCUT2D eigenvalue weighted by Gasteiger charge is -2.21. The first-order valence-corrected chi connectivity index (χ1v) is 13.4. The van der Waals surface area contributed by atoms with Gasteiger partial charge in [-0.15, -0.1) is 0 Å². The number of anilines is 2. The summed E-state index contributed by atoms with van der Waals surface area (Å²) in [6.45, 7) is 4.14. The van der Waals surface area contributed by atoms with Crippen LogP contribution in [0.15, 0.2) is 45.8 Å². The second kappa shape index (κ2) is 9.43. The van der Waals surface area contributed by atoms with E-state index in [1.165, 1.54) is 25.3 Å². The summed E-state index contributed by atoms with van der Waals surface area (Å²) in [5.41, 5.74) is 1.52. The molecule has 0 unspecified atom stereocenters. The summed E-state index contributed by atoms with van der Waals surface area (Å²) in [5, 5.41) is 2.91. The molecule has 32 heavy (non-hydrogen) atoms. The smallest absolute Gasteiger partial charge is 0.262 e. The maximum absolute atomic E-state index is 13.1. The first-order chi connectivity index (χ1) is 15.2. The molecule has 6 nitrogen and oxygen atoms in total. The number of halogens is 1. The molecule has 0 spiro atoms. The highest BCUT2D eigenvalue weighted by molar-refractivity contribution is 9.10. The Bertz CT molecular complexity index is 1120. The molecule has 2 N–H and O–H groups in total. The van der Waals surface area contributed by atoms with Crippen LogP contribution in [0.1, 0.15) is 44.6 Å². The van der Waals surface area contributed by atoms with Crippen molar-refractivity contribution in [1.29, 1.82) is 0 Å². The van der Waals surface area contributed by atoms with Crippen LogP contribution in [0, 0.1) is 24.7 Å². The first-order valence-electron chi connectivity index (χ1n) is 11.1. The molecule has 8 heteroatoms. The highest BCUT2D eigenvalue weighted by atomic mass is 79.9. The highest BCUT2D eigenvalue weighted by Crippen LogP contribution is 2.49. The monoisotopic (exact) mass is 520 g/mol. The van der Waals surface area contributed by atoms with Crippen LogP contribution in [0.2, 0.25) is 0 Å². The van der Waals surface area contributed by atoms with E-state index in [1.807, 2.05) is 6.92 Å². The predicted molar refractivity (Wildman–Crippen MR) is 129 cm³/mol. The van der Waals surface area contributed by atoms with E-state index < -0.39 is 10.0 Å². The van der Waals surface area contributed by atoms with Crippen molar-refractivity contribution in [2.75, 3.05) is 16.6 Å². The maximum Gasteiger partial charge on any atom is 0.262 e. The van der Waals surface area contributed by atoms with Gasteiger partial charge in [0.2, 0.25) is 5.91 Å².